The highest BCUT2D eigenvalue weighted by molar-refractivity contribution is 7.99. The minimum atomic E-state index is -1.75. The predicted octanol–water partition coefficient (Wildman–Crippen LogP) is 5.56. The number of hydrogen-bond donors (Lipinski definition) is 1. The summed E-state index contributed by atoms with van der Waals surface area (Å²) in [5.41, 5.74) is 1.20. The van der Waals surface area contributed by atoms with Crippen LogP contribution in [0.4, 0.5) is 0 Å². The second-order valence-corrected chi connectivity index (χ2v) is 15.2. The molecule has 0 aliphatic carbocycles. The van der Waals surface area contributed by atoms with Crippen LogP contribution in [0.15, 0.2) is 157 Å². The van der Waals surface area contributed by atoms with Gasteiger partial charge in [0.25, 0.3) is 5.91 Å². The summed E-state index contributed by atoms with van der Waals surface area (Å²) in [6.07, 6.45) is -3.19. The van der Waals surface area contributed by atoms with Crippen molar-refractivity contribution in [1.29, 1.82) is 0 Å². The van der Waals surface area contributed by atoms with Crippen LogP contribution in [0.25, 0.3) is 0 Å². The lowest BCUT2D eigenvalue weighted by Crippen LogP contribution is -2.74. The maximum atomic E-state index is 14.4. The fourth-order valence-corrected chi connectivity index (χ4v) is 7.61. The highest BCUT2D eigenvalue weighted by Crippen LogP contribution is 2.33. The van der Waals surface area contributed by atoms with Crippen molar-refractivity contribution in [3.05, 3.63) is 179 Å². The van der Waals surface area contributed by atoms with E-state index in [0.29, 0.717) is 33.0 Å². The van der Waals surface area contributed by atoms with Crippen molar-refractivity contribution in [2.75, 3.05) is 12.4 Å². The minimum absolute atomic E-state index is 0.0972. The van der Waals surface area contributed by atoms with Crippen molar-refractivity contribution in [2.45, 2.75) is 41.1 Å². The molecule has 7 rings (SSSR count). The van der Waals surface area contributed by atoms with E-state index >= 15 is 0 Å². The van der Waals surface area contributed by atoms with Gasteiger partial charge >= 0.3 is 11.9 Å². The molecular weight excluding hydrogens is 820 g/mol. The summed E-state index contributed by atoms with van der Waals surface area (Å²) in [6, 6.07) is 42.9. The van der Waals surface area contributed by atoms with Crippen molar-refractivity contribution in [3.8, 4) is 0 Å². The number of alkyl halides is 1. The average Bonchev–Trinajstić information content (AvgIpc) is 3.72. The van der Waals surface area contributed by atoms with E-state index in [0.717, 1.165) is 16.7 Å². The molecule has 1 N–H and O–H groups in total. The Morgan fingerprint density at radius 1 is 0.689 bits per heavy atom. The third-order valence-electron chi connectivity index (χ3n) is 9.68. The number of aryl methyl sites for hydroxylation is 1. The number of aromatic nitrogens is 4. The summed E-state index contributed by atoms with van der Waals surface area (Å²) in [6.45, 7) is -0.547. The van der Waals surface area contributed by atoms with Crippen LogP contribution in [0.2, 0.25) is 0 Å². The second-order valence-electron chi connectivity index (χ2n) is 13.8. The van der Waals surface area contributed by atoms with E-state index in [2.05, 4.69) is 20.8 Å². The number of thioether (sulfide) groups is 1. The summed E-state index contributed by atoms with van der Waals surface area (Å²) in [5.74, 6) is -5.64. The maximum absolute atomic E-state index is 14.4. The monoisotopic (exact) mass is 858 g/mol. The highest BCUT2D eigenvalue weighted by atomic mass is 35.5. The molecule has 1 fully saturated rings. The SMILES string of the molecule is Cn1nnnc1SCC(=O)CO[C@H]1[C@@H](NC(=O)C(C(=O)OC(c2ccccc2)c2ccccc2)c2ccccc2)C(=O)N1C(Cl)C(=O)OC(c1ccccc1)c1ccccc1. The van der Waals surface area contributed by atoms with Crippen molar-refractivity contribution in [3.63, 3.8) is 0 Å². The Hall–Kier alpha value is -6.68. The maximum Gasteiger partial charge on any atom is 0.345 e. The van der Waals surface area contributed by atoms with Crippen molar-refractivity contribution in [1.82, 2.24) is 30.4 Å². The van der Waals surface area contributed by atoms with Gasteiger partial charge in [-0.05, 0) is 38.2 Å². The van der Waals surface area contributed by atoms with Gasteiger partial charge in [0, 0.05) is 7.05 Å². The second kappa shape index (κ2) is 20.1. The lowest BCUT2D eigenvalue weighted by atomic mass is 9.95. The molecular formula is C45H39ClN6O8S. The predicted molar refractivity (Wildman–Crippen MR) is 224 cm³/mol. The summed E-state index contributed by atoms with van der Waals surface area (Å²) in [7, 11) is 1.62. The summed E-state index contributed by atoms with van der Waals surface area (Å²) >= 11 is 7.80. The molecule has 16 heteroatoms. The van der Waals surface area contributed by atoms with E-state index in [1.54, 1.807) is 85.9 Å². The van der Waals surface area contributed by atoms with E-state index in [-0.39, 0.29) is 5.75 Å². The van der Waals surface area contributed by atoms with Gasteiger partial charge in [-0.15, -0.1) is 5.10 Å². The van der Waals surface area contributed by atoms with Gasteiger partial charge in [0.1, 0.15) is 6.61 Å². The zero-order valence-corrected chi connectivity index (χ0v) is 34.2. The van der Waals surface area contributed by atoms with Crippen LogP contribution in [0.3, 0.4) is 0 Å². The lowest BCUT2D eigenvalue weighted by molar-refractivity contribution is -0.194. The van der Waals surface area contributed by atoms with Crippen molar-refractivity contribution < 1.29 is 38.2 Å². The molecule has 6 aromatic rings. The van der Waals surface area contributed by atoms with Crippen LogP contribution in [0.5, 0.6) is 0 Å². The Bertz CT molecular complexity index is 2350. The molecule has 2 unspecified atom stereocenters. The number of carbonyl (C=O) groups is 5. The number of nitrogens with one attached hydrogen (secondary N) is 1. The minimum Gasteiger partial charge on any atom is -0.452 e. The molecule has 0 bridgehead atoms. The number of ether oxygens (including phenoxy) is 3. The Labute approximate surface area is 360 Å². The van der Waals surface area contributed by atoms with Crippen molar-refractivity contribution in [2.24, 2.45) is 7.05 Å². The Kier molecular flexibility index (Phi) is 14.0. The number of carbonyl (C=O) groups excluding carboxylic acids is 5. The largest absolute Gasteiger partial charge is 0.452 e. The van der Waals surface area contributed by atoms with E-state index in [1.807, 2.05) is 72.8 Å². The van der Waals surface area contributed by atoms with Gasteiger partial charge < -0.3 is 19.5 Å². The van der Waals surface area contributed by atoms with Crippen LogP contribution in [-0.2, 0) is 45.2 Å². The molecule has 5 aromatic carbocycles. The number of tetrazole rings is 1. The number of benzene rings is 5. The van der Waals surface area contributed by atoms with Gasteiger partial charge in [0.2, 0.25) is 16.6 Å². The zero-order chi connectivity index (χ0) is 42.7. The number of esters is 2. The first-order valence-corrected chi connectivity index (χ1v) is 20.5. The number of Topliss-reactive ketones (excluding diaryl/α,β-unsaturated/α-hetero) is 1. The molecule has 0 radical (unpaired) electrons. The number of ketones is 1. The lowest BCUT2D eigenvalue weighted by Gasteiger charge is -2.47. The summed E-state index contributed by atoms with van der Waals surface area (Å²) in [5, 5.41) is 14.2. The fourth-order valence-electron chi connectivity index (χ4n) is 6.66. The Morgan fingerprint density at radius 2 is 1.13 bits per heavy atom. The van der Waals surface area contributed by atoms with E-state index in [4.69, 9.17) is 25.8 Å². The van der Waals surface area contributed by atoms with Crippen molar-refractivity contribution >= 4 is 52.9 Å². The first kappa shape index (κ1) is 42.4. The zero-order valence-electron chi connectivity index (χ0n) is 32.6. The Balaban J connectivity index is 1.13. The number of nitrogens with zero attached hydrogens (tertiary/aromatic N) is 5. The quantitative estimate of drug-likeness (QED) is 0.0286. The van der Waals surface area contributed by atoms with Crippen LogP contribution in [0.1, 0.15) is 45.9 Å². The normalized spacial score (nSPS) is 15.7. The molecule has 0 spiro atoms. The smallest absolute Gasteiger partial charge is 0.345 e. The third-order valence-corrected chi connectivity index (χ3v) is 11.1. The van der Waals surface area contributed by atoms with Gasteiger partial charge in [-0.1, -0.05) is 175 Å². The molecule has 61 heavy (non-hydrogen) atoms. The average molecular weight is 859 g/mol. The van der Waals surface area contributed by atoms with Gasteiger partial charge in [-0.3, -0.25) is 24.1 Å². The van der Waals surface area contributed by atoms with Gasteiger partial charge in [0.15, 0.2) is 36.2 Å². The number of amides is 2. The molecule has 310 valence electrons. The molecule has 14 nitrogen and oxygen atoms in total. The van der Waals surface area contributed by atoms with Gasteiger partial charge in [-0.2, -0.15) is 0 Å². The van der Waals surface area contributed by atoms with E-state index in [9.17, 15) is 24.0 Å². The molecule has 1 saturated heterocycles. The number of likely N-dealkylation sites (tertiary alicyclic amines) is 1. The third kappa shape index (κ3) is 10.2. The molecule has 4 atom stereocenters. The van der Waals surface area contributed by atoms with E-state index < -0.39 is 72.0 Å². The van der Waals surface area contributed by atoms with Crippen LogP contribution in [0, 0.1) is 0 Å². The first-order chi connectivity index (χ1) is 29.7. The summed E-state index contributed by atoms with van der Waals surface area (Å²) in [4.78, 5) is 70.4. The highest BCUT2D eigenvalue weighted by Gasteiger charge is 2.55. The fraction of sp³-hybridized carbons (Fsp3) is 0.200. The first-order valence-electron chi connectivity index (χ1n) is 19.1. The topological polar surface area (TPSA) is 172 Å². The number of β-lactam (4-membered cyclic amide) rings is 1. The number of hydrogen-bond acceptors (Lipinski definition) is 12. The molecule has 1 aliphatic rings. The standard InChI is InChI=1S/C45H39ClN6O8S/c1-51-45(48-49-50-51)61-28-34(53)27-58-42-36(41(55)52(42)39(46)44(57)60-38(32-23-13-5-14-24-32)33-25-15-6-16-26-33)47-40(54)35(29-17-7-2-8-18-29)43(56)59-37(30-19-9-3-10-20-30)31-21-11-4-12-22-31/h2-26,35-39,42H,27-28H2,1H3,(H,47,54)/t35?,36-,39?,42-/m0/s1. The molecule has 1 aromatic heterocycles. The van der Waals surface area contributed by atoms with Gasteiger partial charge in [-0.25, -0.2) is 9.48 Å². The Morgan fingerprint density at radius 3 is 1.57 bits per heavy atom. The van der Waals surface area contributed by atoms with Crippen LogP contribution < -0.4 is 5.32 Å². The van der Waals surface area contributed by atoms with E-state index in [1.165, 1.54) is 4.68 Å². The molecule has 0 saturated carbocycles. The molecule has 2 amide bonds. The number of rotatable bonds is 18. The number of halogens is 1. The van der Waals surface area contributed by atoms with Gasteiger partial charge in [0.05, 0.1) is 5.75 Å². The molecule has 2 heterocycles. The molecule has 1 aliphatic heterocycles. The van der Waals surface area contributed by atoms with Crippen LogP contribution >= 0.6 is 23.4 Å². The van der Waals surface area contributed by atoms with Crippen LogP contribution in [-0.4, -0.2) is 84.8 Å². The summed E-state index contributed by atoms with van der Waals surface area (Å²) < 4.78 is 19.4.